The van der Waals surface area contributed by atoms with Gasteiger partial charge in [-0.2, -0.15) is 10.4 Å². The van der Waals surface area contributed by atoms with Gasteiger partial charge >= 0.3 is 0 Å². The summed E-state index contributed by atoms with van der Waals surface area (Å²) in [5.41, 5.74) is 12.5. The van der Waals surface area contributed by atoms with Crippen LogP contribution in [0.1, 0.15) is 18.4 Å². The van der Waals surface area contributed by atoms with Gasteiger partial charge in [0, 0.05) is 25.7 Å². The molecule has 110 valence electrons. The Balaban J connectivity index is 2.24. The van der Waals surface area contributed by atoms with Gasteiger partial charge in [0.25, 0.3) is 0 Å². The summed E-state index contributed by atoms with van der Waals surface area (Å²) >= 11 is 0. The Bertz CT molecular complexity index is 500. The van der Waals surface area contributed by atoms with Crippen LogP contribution in [0.3, 0.4) is 0 Å². The molecule has 20 heavy (non-hydrogen) atoms. The Hall–Kier alpha value is -1.78. The molecule has 1 aromatic rings. The van der Waals surface area contributed by atoms with E-state index in [4.69, 9.17) is 11.5 Å². The lowest BCUT2D eigenvalue weighted by atomic mass is 10.1. The number of anilines is 2. The highest BCUT2D eigenvalue weighted by molar-refractivity contribution is 5.65. The molecule has 0 amide bonds. The summed E-state index contributed by atoms with van der Waals surface area (Å²) in [4.78, 5) is 4.14. The van der Waals surface area contributed by atoms with Crippen LogP contribution in [0, 0.1) is 11.3 Å². The Kier molecular flexibility index (Phi) is 4.47. The Morgan fingerprint density at radius 3 is 2.85 bits per heavy atom. The van der Waals surface area contributed by atoms with Crippen LogP contribution < -0.4 is 16.4 Å². The molecule has 0 aliphatic carbocycles. The monoisotopic (exact) mass is 277 g/mol. The lowest BCUT2D eigenvalue weighted by Gasteiger charge is -2.30. The van der Waals surface area contributed by atoms with Crippen LogP contribution in [0.4, 0.5) is 11.6 Å². The van der Waals surface area contributed by atoms with Crippen molar-refractivity contribution in [3.63, 3.8) is 0 Å². The fraction of sp³-hybridized carbons (Fsp3) is 0.692. The van der Waals surface area contributed by atoms with Gasteiger partial charge in [-0.3, -0.25) is 0 Å². The molecule has 0 radical (unpaired) electrons. The summed E-state index contributed by atoms with van der Waals surface area (Å²) < 4.78 is 1.72. The number of nitrogen functional groups attached to an aromatic ring is 1. The van der Waals surface area contributed by atoms with Gasteiger partial charge in [-0.05, 0) is 26.9 Å². The molecule has 0 aromatic carbocycles. The predicted octanol–water partition coefficient (Wildman–Crippen LogP) is -0.174. The van der Waals surface area contributed by atoms with E-state index in [0.29, 0.717) is 23.7 Å². The molecule has 1 fully saturated rings. The maximum atomic E-state index is 9.33. The zero-order valence-corrected chi connectivity index (χ0v) is 12.2. The number of likely N-dealkylation sites (N-methyl/N-ethyl adjacent to an activating group) is 1. The van der Waals surface area contributed by atoms with Crippen LogP contribution in [-0.4, -0.2) is 54.5 Å². The number of nitriles is 1. The summed E-state index contributed by atoms with van der Waals surface area (Å²) in [5.74, 6) is 1.13. The number of aromatic nitrogens is 2. The van der Waals surface area contributed by atoms with E-state index in [2.05, 4.69) is 21.0 Å². The van der Waals surface area contributed by atoms with Crippen LogP contribution in [0.5, 0.6) is 0 Å². The summed E-state index contributed by atoms with van der Waals surface area (Å²) in [6, 6.07) is 2.32. The first-order chi connectivity index (χ1) is 9.52. The maximum absolute atomic E-state index is 9.33. The Morgan fingerprint density at radius 1 is 1.50 bits per heavy atom. The van der Waals surface area contributed by atoms with Gasteiger partial charge in [-0.15, -0.1) is 0 Å². The van der Waals surface area contributed by atoms with Crippen LogP contribution in [0.2, 0.25) is 0 Å². The fourth-order valence-electron chi connectivity index (χ4n) is 2.46. The van der Waals surface area contributed by atoms with Crippen molar-refractivity contribution in [2.24, 2.45) is 5.73 Å². The van der Waals surface area contributed by atoms with E-state index < -0.39 is 0 Å². The van der Waals surface area contributed by atoms with Crippen molar-refractivity contribution in [3.8, 4) is 6.07 Å². The quantitative estimate of drug-likeness (QED) is 0.792. The minimum atomic E-state index is 0.142. The number of rotatable bonds is 4. The molecule has 1 atom stereocenters. The summed E-state index contributed by atoms with van der Waals surface area (Å²) in [5, 5.41) is 13.9. The minimum Gasteiger partial charge on any atom is -0.383 e. The smallest absolute Gasteiger partial charge is 0.170 e. The summed E-state index contributed by atoms with van der Waals surface area (Å²) in [6.07, 6.45) is 2.05. The molecular weight excluding hydrogens is 254 g/mol. The van der Waals surface area contributed by atoms with Gasteiger partial charge in [0.05, 0.1) is 6.54 Å². The van der Waals surface area contributed by atoms with Crippen molar-refractivity contribution in [2.45, 2.75) is 25.4 Å². The van der Waals surface area contributed by atoms with E-state index in [-0.39, 0.29) is 6.04 Å². The van der Waals surface area contributed by atoms with Crippen molar-refractivity contribution >= 4 is 11.6 Å². The highest BCUT2D eigenvalue weighted by Gasteiger charge is 2.24. The standard InChI is InChI=1S/C13H23N7/c1-18(2)6-7-20-12(16)11(8-14)13(17-20)19-5-3-4-10(15)9-19/h10H,3-7,9,15-16H2,1-2H3. The molecule has 1 aliphatic heterocycles. The first-order valence-corrected chi connectivity index (χ1v) is 6.94. The highest BCUT2D eigenvalue weighted by atomic mass is 15.4. The predicted molar refractivity (Wildman–Crippen MR) is 79.3 cm³/mol. The molecule has 4 N–H and O–H groups in total. The van der Waals surface area contributed by atoms with Crippen molar-refractivity contribution in [1.29, 1.82) is 5.26 Å². The first-order valence-electron chi connectivity index (χ1n) is 6.94. The van der Waals surface area contributed by atoms with Gasteiger partial charge in [-0.1, -0.05) is 0 Å². The van der Waals surface area contributed by atoms with Gasteiger partial charge in [-0.25, -0.2) is 4.68 Å². The van der Waals surface area contributed by atoms with Gasteiger partial charge in [0.15, 0.2) is 5.82 Å². The number of nitrogens with zero attached hydrogens (tertiary/aromatic N) is 5. The highest BCUT2D eigenvalue weighted by Crippen LogP contribution is 2.26. The van der Waals surface area contributed by atoms with Gasteiger partial charge < -0.3 is 21.3 Å². The Labute approximate surface area is 119 Å². The molecule has 7 nitrogen and oxygen atoms in total. The largest absolute Gasteiger partial charge is 0.383 e. The van der Waals surface area contributed by atoms with Crippen molar-refractivity contribution in [1.82, 2.24) is 14.7 Å². The van der Waals surface area contributed by atoms with E-state index in [0.717, 1.165) is 32.5 Å². The zero-order chi connectivity index (χ0) is 14.7. The van der Waals surface area contributed by atoms with Crippen LogP contribution in [0.25, 0.3) is 0 Å². The second-order valence-corrected chi connectivity index (χ2v) is 5.57. The number of nitrogens with two attached hydrogens (primary N) is 2. The van der Waals surface area contributed by atoms with Gasteiger partial charge in [0.1, 0.15) is 17.5 Å². The second-order valence-electron chi connectivity index (χ2n) is 5.57. The summed E-state index contributed by atoms with van der Waals surface area (Å²) in [7, 11) is 3.99. The molecule has 0 bridgehead atoms. The van der Waals surface area contributed by atoms with Crippen molar-refractivity contribution in [2.75, 3.05) is 44.4 Å². The Morgan fingerprint density at radius 2 is 2.25 bits per heavy atom. The van der Waals surface area contributed by atoms with E-state index in [1.54, 1.807) is 4.68 Å². The third kappa shape index (κ3) is 3.03. The SMILES string of the molecule is CN(C)CCn1nc(N2CCCC(N)C2)c(C#N)c1N. The molecule has 1 aromatic heterocycles. The molecular formula is C13H23N7. The third-order valence-electron chi connectivity index (χ3n) is 3.60. The number of hydrogen-bond donors (Lipinski definition) is 2. The lowest BCUT2D eigenvalue weighted by Crippen LogP contribution is -2.43. The van der Waals surface area contributed by atoms with Crippen LogP contribution >= 0.6 is 0 Å². The van der Waals surface area contributed by atoms with Crippen molar-refractivity contribution < 1.29 is 0 Å². The van der Waals surface area contributed by atoms with Gasteiger partial charge in [0.2, 0.25) is 0 Å². The number of piperidine rings is 1. The van der Waals surface area contributed by atoms with Crippen molar-refractivity contribution in [3.05, 3.63) is 5.56 Å². The zero-order valence-electron chi connectivity index (χ0n) is 12.2. The molecule has 1 saturated heterocycles. The van der Waals surface area contributed by atoms with Crippen LogP contribution in [-0.2, 0) is 6.54 Å². The molecule has 0 saturated carbocycles. The minimum absolute atomic E-state index is 0.142. The topological polar surface area (TPSA) is 100 Å². The lowest BCUT2D eigenvalue weighted by molar-refractivity contribution is 0.374. The average molecular weight is 277 g/mol. The molecule has 1 unspecified atom stereocenters. The van der Waals surface area contributed by atoms with Crippen LogP contribution in [0.15, 0.2) is 0 Å². The average Bonchev–Trinajstić information content (AvgIpc) is 2.73. The maximum Gasteiger partial charge on any atom is 0.170 e. The molecule has 2 rings (SSSR count). The second kappa shape index (κ2) is 6.11. The third-order valence-corrected chi connectivity index (χ3v) is 3.60. The fourth-order valence-corrected chi connectivity index (χ4v) is 2.46. The van der Waals surface area contributed by atoms with E-state index in [1.165, 1.54) is 0 Å². The normalized spacial score (nSPS) is 19.4. The number of hydrogen-bond acceptors (Lipinski definition) is 6. The molecule has 0 spiro atoms. The molecule has 7 heteroatoms. The van der Waals surface area contributed by atoms with E-state index >= 15 is 0 Å². The molecule has 2 heterocycles. The van der Waals surface area contributed by atoms with E-state index in [9.17, 15) is 5.26 Å². The first kappa shape index (κ1) is 14.6. The summed E-state index contributed by atoms with van der Waals surface area (Å²) in [6.45, 7) is 3.12. The molecule has 1 aliphatic rings. The van der Waals surface area contributed by atoms with E-state index in [1.807, 2.05) is 14.1 Å².